The van der Waals surface area contributed by atoms with Crippen LogP contribution in [0.4, 0.5) is 0 Å². The second-order valence-electron chi connectivity index (χ2n) is 4.47. The Morgan fingerprint density at radius 3 is 2.89 bits per heavy atom. The number of aryl methyl sites for hydroxylation is 1. The minimum atomic E-state index is 0.0300. The van der Waals surface area contributed by atoms with E-state index in [0.717, 1.165) is 34.0 Å². The maximum Gasteiger partial charge on any atom is 0.134 e. The summed E-state index contributed by atoms with van der Waals surface area (Å²) in [5.74, 6) is 0.924. The van der Waals surface area contributed by atoms with Crippen molar-refractivity contribution in [2.24, 2.45) is 0 Å². The van der Waals surface area contributed by atoms with Gasteiger partial charge in [0.15, 0.2) is 0 Å². The number of rotatable bonds is 4. The zero-order valence-electron chi connectivity index (χ0n) is 11.0. The number of hydrogen-bond acceptors (Lipinski definition) is 4. The van der Waals surface area contributed by atoms with Crippen LogP contribution >= 0.6 is 11.3 Å². The minimum absolute atomic E-state index is 0.0300. The Hall–Kier alpha value is -1.65. The van der Waals surface area contributed by atoms with Crippen LogP contribution in [0.15, 0.2) is 40.1 Å². The van der Waals surface area contributed by atoms with Crippen LogP contribution in [0.5, 0.6) is 0 Å². The molecule has 0 spiro atoms. The van der Waals surface area contributed by atoms with Crippen molar-refractivity contribution in [3.63, 3.8) is 0 Å². The number of nitrogens with zero attached hydrogens (tertiary/aromatic N) is 1. The summed E-state index contributed by atoms with van der Waals surface area (Å²) in [6.45, 7) is 4.99. The average Bonchev–Trinajstić information content (AvgIpc) is 3.01. The molecule has 0 radical (unpaired) electrons. The second kappa shape index (κ2) is 5.15. The van der Waals surface area contributed by atoms with Gasteiger partial charge in [-0.15, -0.1) is 11.3 Å². The van der Waals surface area contributed by atoms with E-state index in [4.69, 9.17) is 4.42 Å². The van der Waals surface area contributed by atoms with Gasteiger partial charge < -0.3 is 9.73 Å². The third-order valence-corrected chi connectivity index (χ3v) is 3.86. The lowest BCUT2D eigenvalue weighted by atomic mass is 10.1. The summed E-state index contributed by atoms with van der Waals surface area (Å²) < 4.78 is 5.95. The number of para-hydroxylation sites is 1. The van der Waals surface area contributed by atoms with Crippen LogP contribution in [-0.2, 0) is 0 Å². The highest BCUT2D eigenvalue weighted by atomic mass is 32.1. The van der Waals surface area contributed by atoms with Gasteiger partial charge >= 0.3 is 0 Å². The Kier molecular flexibility index (Phi) is 3.36. The lowest BCUT2D eigenvalue weighted by Crippen LogP contribution is -2.21. The highest BCUT2D eigenvalue weighted by Crippen LogP contribution is 2.28. The normalized spacial score (nSPS) is 12.9. The van der Waals surface area contributed by atoms with E-state index in [9.17, 15) is 0 Å². The monoisotopic (exact) mass is 272 g/mol. The Morgan fingerprint density at radius 2 is 2.21 bits per heavy atom. The van der Waals surface area contributed by atoms with Gasteiger partial charge in [0.05, 0.1) is 10.7 Å². The SMILES string of the molecule is CCNC(c1csc(C)n1)c1cc2ccccc2o1. The topological polar surface area (TPSA) is 38.1 Å². The third-order valence-electron chi connectivity index (χ3n) is 3.07. The first-order valence-electron chi connectivity index (χ1n) is 6.42. The molecule has 1 aromatic carbocycles. The molecule has 4 heteroatoms. The van der Waals surface area contributed by atoms with Crippen molar-refractivity contribution in [2.75, 3.05) is 6.54 Å². The molecule has 0 saturated carbocycles. The highest BCUT2D eigenvalue weighted by Gasteiger charge is 2.19. The molecule has 0 amide bonds. The highest BCUT2D eigenvalue weighted by molar-refractivity contribution is 7.09. The Labute approximate surface area is 116 Å². The smallest absolute Gasteiger partial charge is 0.134 e. The summed E-state index contributed by atoms with van der Waals surface area (Å²) in [5.41, 5.74) is 1.95. The van der Waals surface area contributed by atoms with Crippen molar-refractivity contribution in [1.82, 2.24) is 10.3 Å². The summed E-state index contributed by atoms with van der Waals surface area (Å²) in [6.07, 6.45) is 0. The van der Waals surface area contributed by atoms with Gasteiger partial charge in [0.2, 0.25) is 0 Å². The fourth-order valence-electron chi connectivity index (χ4n) is 2.21. The van der Waals surface area contributed by atoms with E-state index in [1.54, 1.807) is 11.3 Å². The largest absolute Gasteiger partial charge is 0.459 e. The molecule has 3 nitrogen and oxygen atoms in total. The molecule has 0 aliphatic rings. The van der Waals surface area contributed by atoms with E-state index in [1.165, 1.54) is 0 Å². The quantitative estimate of drug-likeness (QED) is 0.783. The molecule has 2 aromatic heterocycles. The summed E-state index contributed by atoms with van der Waals surface area (Å²) >= 11 is 1.67. The fraction of sp³-hybridized carbons (Fsp3) is 0.267. The van der Waals surface area contributed by atoms with Crippen LogP contribution < -0.4 is 5.32 Å². The summed E-state index contributed by atoms with van der Waals surface area (Å²) in [5, 5.41) is 7.74. The predicted molar refractivity (Wildman–Crippen MR) is 78.6 cm³/mol. The molecule has 3 rings (SSSR count). The number of thiazole rings is 1. The van der Waals surface area contributed by atoms with E-state index >= 15 is 0 Å². The molecule has 3 aromatic rings. The fourth-order valence-corrected chi connectivity index (χ4v) is 2.85. The van der Waals surface area contributed by atoms with E-state index in [2.05, 4.69) is 34.7 Å². The lowest BCUT2D eigenvalue weighted by molar-refractivity contribution is 0.472. The van der Waals surface area contributed by atoms with Gasteiger partial charge in [-0.1, -0.05) is 25.1 Å². The number of fused-ring (bicyclic) bond motifs is 1. The van der Waals surface area contributed by atoms with E-state index < -0.39 is 0 Å². The number of furan rings is 1. The van der Waals surface area contributed by atoms with Crippen LogP contribution in [0, 0.1) is 6.92 Å². The predicted octanol–water partition coefficient (Wildman–Crippen LogP) is 3.90. The van der Waals surface area contributed by atoms with Gasteiger partial charge in [0.1, 0.15) is 17.4 Å². The molecule has 98 valence electrons. The zero-order valence-corrected chi connectivity index (χ0v) is 11.8. The Balaban J connectivity index is 2.03. The van der Waals surface area contributed by atoms with Crippen molar-refractivity contribution in [2.45, 2.75) is 19.9 Å². The molecular weight excluding hydrogens is 256 g/mol. The molecule has 0 bridgehead atoms. The van der Waals surface area contributed by atoms with Crippen LogP contribution in [0.25, 0.3) is 11.0 Å². The van der Waals surface area contributed by atoms with Crippen molar-refractivity contribution in [1.29, 1.82) is 0 Å². The molecule has 1 atom stereocenters. The van der Waals surface area contributed by atoms with Crippen LogP contribution in [0.1, 0.15) is 29.4 Å². The molecule has 0 saturated heterocycles. The van der Waals surface area contributed by atoms with Gasteiger partial charge in [0, 0.05) is 10.8 Å². The van der Waals surface area contributed by atoms with E-state index in [-0.39, 0.29) is 6.04 Å². The Bertz CT molecular complexity index is 653. The van der Waals surface area contributed by atoms with Gasteiger partial charge in [-0.3, -0.25) is 0 Å². The van der Waals surface area contributed by atoms with Crippen molar-refractivity contribution < 1.29 is 4.42 Å². The average molecular weight is 272 g/mol. The molecule has 0 aliphatic carbocycles. The van der Waals surface area contributed by atoms with Crippen molar-refractivity contribution in [3.05, 3.63) is 52.2 Å². The molecule has 2 heterocycles. The van der Waals surface area contributed by atoms with E-state index in [1.807, 2.05) is 25.1 Å². The minimum Gasteiger partial charge on any atom is -0.459 e. The van der Waals surface area contributed by atoms with Gasteiger partial charge in [-0.25, -0.2) is 4.98 Å². The summed E-state index contributed by atoms with van der Waals surface area (Å²) in [7, 11) is 0. The second-order valence-corrected chi connectivity index (χ2v) is 5.53. The first kappa shape index (κ1) is 12.4. The molecule has 1 N–H and O–H groups in total. The number of benzene rings is 1. The lowest BCUT2D eigenvalue weighted by Gasteiger charge is -2.12. The van der Waals surface area contributed by atoms with Crippen molar-refractivity contribution >= 4 is 22.3 Å². The number of hydrogen-bond donors (Lipinski definition) is 1. The van der Waals surface area contributed by atoms with Crippen LogP contribution in [-0.4, -0.2) is 11.5 Å². The number of nitrogens with one attached hydrogen (secondary N) is 1. The molecule has 19 heavy (non-hydrogen) atoms. The summed E-state index contributed by atoms with van der Waals surface area (Å²) in [6, 6.07) is 10.2. The first-order chi connectivity index (χ1) is 9.28. The zero-order chi connectivity index (χ0) is 13.2. The maximum atomic E-state index is 5.95. The third kappa shape index (κ3) is 2.41. The van der Waals surface area contributed by atoms with Crippen molar-refractivity contribution in [3.8, 4) is 0 Å². The van der Waals surface area contributed by atoms with Crippen LogP contribution in [0.2, 0.25) is 0 Å². The maximum absolute atomic E-state index is 5.95. The first-order valence-corrected chi connectivity index (χ1v) is 7.30. The van der Waals surface area contributed by atoms with Gasteiger partial charge in [-0.05, 0) is 25.6 Å². The molecule has 0 fully saturated rings. The standard InChI is InChI=1S/C15H16N2OS/c1-3-16-15(12-9-19-10(2)17-12)14-8-11-6-4-5-7-13(11)18-14/h4-9,15-16H,3H2,1-2H3. The Morgan fingerprint density at radius 1 is 1.37 bits per heavy atom. The molecular formula is C15H16N2OS. The summed E-state index contributed by atoms with van der Waals surface area (Å²) in [4.78, 5) is 4.57. The molecule has 0 aliphatic heterocycles. The van der Waals surface area contributed by atoms with E-state index in [0.29, 0.717) is 0 Å². The van der Waals surface area contributed by atoms with Crippen LogP contribution in [0.3, 0.4) is 0 Å². The van der Waals surface area contributed by atoms with Gasteiger partial charge in [0.25, 0.3) is 0 Å². The number of aromatic nitrogens is 1. The van der Waals surface area contributed by atoms with Gasteiger partial charge in [-0.2, -0.15) is 0 Å². The molecule has 1 unspecified atom stereocenters.